The standard InChI is InChI=1S/C23H25N5O2/c1-23(2,3)17-7-9-20(10-8-17)30-16-22(29)26-18-12-24-28(14-18)15-19-13-27-11-5-4-6-21(27)25-19/h4-14H,15-16H2,1-3H3,(H,26,29). The maximum absolute atomic E-state index is 12.2. The highest BCUT2D eigenvalue weighted by Crippen LogP contribution is 2.24. The lowest BCUT2D eigenvalue weighted by atomic mass is 9.87. The van der Waals surface area contributed by atoms with Gasteiger partial charge in [0, 0.05) is 18.6 Å². The SMILES string of the molecule is CC(C)(C)c1ccc(OCC(=O)Nc2cnn(Cc3cn4ccccc4n3)c2)cc1. The number of pyridine rings is 1. The highest BCUT2D eigenvalue weighted by Gasteiger charge is 2.13. The third-order valence-electron chi connectivity index (χ3n) is 4.75. The van der Waals surface area contributed by atoms with E-state index in [-0.39, 0.29) is 17.9 Å². The van der Waals surface area contributed by atoms with Crippen LogP contribution in [-0.2, 0) is 16.8 Å². The van der Waals surface area contributed by atoms with Gasteiger partial charge in [-0.3, -0.25) is 9.48 Å². The summed E-state index contributed by atoms with van der Waals surface area (Å²) in [7, 11) is 0. The molecule has 7 nitrogen and oxygen atoms in total. The van der Waals surface area contributed by atoms with Gasteiger partial charge in [0.1, 0.15) is 11.4 Å². The summed E-state index contributed by atoms with van der Waals surface area (Å²) in [6, 6.07) is 13.7. The number of rotatable bonds is 6. The monoisotopic (exact) mass is 403 g/mol. The minimum absolute atomic E-state index is 0.0630. The van der Waals surface area contributed by atoms with Gasteiger partial charge in [-0.2, -0.15) is 5.10 Å². The number of benzene rings is 1. The number of carbonyl (C=O) groups excluding carboxylic acids is 1. The van der Waals surface area contributed by atoms with E-state index in [4.69, 9.17) is 4.74 Å². The second kappa shape index (κ2) is 8.02. The van der Waals surface area contributed by atoms with Crippen LogP contribution >= 0.6 is 0 Å². The van der Waals surface area contributed by atoms with Gasteiger partial charge in [-0.1, -0.05) is 39.0 Å². The van der Waals surface area contributed by atoms with Crippen molar-refractivity contribution in [3.63, 3.8) is 0 Å². The summed E-state index contributed by atoms with van der Waals surface area (Å²) in [6.45, 7) is 6.93. The predicted molar refractivity (Wildman–Crippen MR) is 116 cm³/mol. The maximum Gasteiger partial charge on any atom is 0.262 e. The first-order valence-corrected chi connectivity index (χ1v) is 9.85. The molecular formula is C23H25N5O2. The molecule has 0 aliphatic heterocycles. The van der Waals surface area contributed by atoms with Crippen LogP contribution in [-0.4, -0.2) is 31.7 Å². The fraction of sp³-hybridized carbons (Fsp3) is 0.261. The highest BCUT2D eigenvalue weighted by atomic mass is 16.5. The smallest absolute Gasteiger partial charge is 0.262 e. The Balaban J connectivity index is 1.30. The highest BCUT2D eigenvalue weighted by molar-refractivity contribution is 5.91. The minimum atomic E-state index is -0.234. The van der Waals surface area contributed by atoms with Crippen molar-refractivity contribution in [2.75, 3.05) is 11.9 Å². The lowest BCUT2D eigenvalue weighted by Gasteiger charge is -2.19. The van der Waals surface area contributed by atoms with Gasteiger partial charge >= 0.3 is 0 Å². The Morgan fingerprint density at radius 3 is 2.63 bits per heavy atom. The number of amides is 1. The quantitative estimate of drug-likeness (QED) is 0.530. The van der Waals surface area contributed by atoms with Gasteiger partial charge in [-0.15, -0.1) is 0 Å². The van der Waals surface area contributed by atoms with Crippen molar-refractivity contribution in [3.8, 4) is 5.75 Å². The summed E-state index contributed by atoms with van der Waals surface area (Å²) in [6.07, 6.45) is 7.32. The molecule has 0 atom stereocenters. The number of ether oxygens (including phenoxy) is 1. The van der Waals surface area contributed by atoms with Crippen LogP contribution < -0.4 is 10.1 Å². The third kappa shape index (κ3) is 4.68. The number of fused-ring (bicyclic) bond motifs is 1. The van der Waals surface area contributed by atoms with E-state index in [1.807, 2.05) is 59.3 Å². The Morgan fingerprint density at radius 1 is 1.10 bits per heavy atom. The first-order chi connectivity index (χ1) is 14.4. The molecule has 0 fully saturated rings. The van der Waals surface area contributed by atoms with Gasteiger partial charge in [0.25, 0.3) is 5.91 Å². The molecule has 0 aliphatic rings. The molecule has 0 unspecified atom stereocenters. The van der Waals surface area contributed by atoms with E-state index in [1.165, 1.54) is 5.56 Å². The van der Waals surface area contributed by atoms with Crippen molar-refractivity contribution in [2.24, 2.45) is 0 Å². The normalized spacial score (nSPS) is 11.6. The molecule has 3 aromatic heterocycles. The number of imidazole rings is 1. The molecule has 0 saturated carbocycles. The van der Waals surface area contributed by atoms with E-state index in [9.17, 15) is 4.79 Å². The zero-order valence-electron chi connectivity index (χ0n) is 17.4. The Labute approximate surface area is 175 Å². The molecule has 30 heavy (non-hydrogen) atoms. The Hall–Kier alpha value is -3.61. The first-order valence-electron chi connectivity index (χ1n) is 9.85. The summed E-state index contributed by atoms with van der Waals surface area (Å²) in [5.41, 5.74) is 3.71. The van der Waals surface area contributed by atoms with Crippen LogP contribution in [0.2, 0.25) is 0 Å². The van der Waals surface area contributed by atoms with Crippen LogP contribution in [0.4, 0.5) is 5.69 Å². The number of carbonyl (C=O) groups is 1. The topological polar surface area (TPSA) is 73.5 Å². The maximum atomic E-state index is 12.2. The fourth-order valence-electron chi connectivity index (χ4n) is 3.14. The fourth-order valence-corrected chi connectivity index (χ4v) is 3.14. The summed E-state index contributed by atoms with van der Waals surface area (Å²) in [4.78, 5) is 16.8. The van der Waals surface area contributed by atoms with Crippen molar-refractivity contribution >= 4 is 17.2 Å². The molecule has 0 spiro atoms. The third-order valence-corrected chi connectivity index (χ3v) is 4.75. The Kier molecular flexibility index (Phi) is 5.27. The summed E-state index contributed by atoms with van der Waals surface area (Å²) < 4.78 is 9.30. The van der Waals surface area contributed by atoms with Crippen LogP contribution in [0.1, 0.15) is 32.0 Å². The summed E-state index contributed by atoms with van der Waals surface area (Å²) in [5.74, 6) is 0.433. The average Bonchev–Trinajstić information content (AvgIpc) is 3.32. The molecule has 3 heterocycles. The number of nitrogens with zero attached hydrogens (tertiary/aromatic N) is 4. The lowest BCUT2D eigenvalue weighted by Crippen LogP contribution is -2.20. The van der Waals surface area contributed by atoms with Crippen LogP contribution in [0.15, 0.2) is 67.3 Å². The van der Waals surface area contributed by atoms with Crippen LogP contribution in [0, 0.1) is 0 Å². The predicted octanol–water partition coefficient (Wildman–Crippen LogP) is 3.89. The average molecular weight is 403 g/mol. The molecule has 1 amide bonds. The van der Waals surface area contributed by atoms with Gasteiger partial charge in [0.05, 0.1) is 24.1 Å². The molecule has 0 bridgehead atoms. The van der Waals surface area contributed by atoms with Crippen LogP contribution in [0.5, 0.6) is 5.75 Å². The second-order valence-corrected chi connectivity index (χ2v) is 8.24. The van der Waals surface area contributed by atoms with Gasteiger partial charge in [-0.05, 0) is 35.2 Å². The molecule has 1 aromatic carbocycles. The van der Waals surface area contributed by atoms with E-state index in [0.717, 1.165) is 11.3 Å². The first kappa shape index (κ1) is 19.7. The number of aromatic nitrogens is 4. The number of anilines is 1. The van der Waals surface area contributed by atoms with Crippen molar-refractivity contribution in [3.05, 3.63) is 78.5 Å². The van der Waals surface area contributed by atoms with Crippen LogP contribution in [0.3, 0.4) is 0 Å². The van der Waals surface area contributed by atoms with E-state index in [1.54, 1.807) is 17.1 Å². The molecule has 7 heteroatoms. The molecule has 1 N–H and O–H groups in total. The zero-order valence-corrected chi connectivity index (χ0v) is 17.4. The molecule has 0 saturated heterocycles. The minimum Gasteiger partial charge on any atom is -0.484 e. The Morgan fingerprint density at radius 2 is 1.90 bits per heavy atom. The van der Waals surface area contributed by atoms with E-state index >= 15 is 0 Å². The van der Waals surface area contributed by atoms with Crippen LogP contribution in [0.25, 0.3) is 5.65 Å². The number of nitrogens with one attached hydrogen (secondary N) is 1. The van der Waals surface area contributed by atoms with Gasteiger partial charge in [-0.25, -0.2) is 4.98 Å². The molecule has 0 aliphatic carbocycles. The zero-order chi connectivity index (χ0) is 21.1. The van der Waals surface area contributed by atoms with Crippen molar-refractivity contribution < 1.29 is 9.53 Å². The van der Waals surface area contributed by atoms with E-state index in [2.05, 4.69) is 36.2 Å². The number of hydrogen-bond donors (Lipinski definition) is 1. The van der Waals surface area contributed by atoms with Gasteiger partial charge < -0.3 is 14.5 Å². The van der Waals surface area contributed by atoms with E-state index < -0.39 is 0 Å². The largest absolute Gasteiger partial charge is 0.484 e. The molecule has 0 radical (unpaired) electrons. The summed E-state index contributed by atoms with van der Waals surface area (Å²) in [5, 5.41) is 7.11. The lowest BCUT2D eigenvalue weighted by molar-refractivity contribution is -0.118. The Bertz CT molecular complexity index is 1120. The van der Waals surface area contributed by atoms with E-state index in [0.29, 0.717) is 18.0 Å². The van der Waals surface area contributed by atoms with Gasteiger partial charge in [0.2, 0.25) is 0 Å². The van der Waals surface area contributed by atoms with Crippen molar-refractivity contribution in [1.29, 1.82) is 0 Å². The molecule has 154 valence electrons. The van der Waals surface area contributed by atoms with Crippen molar-refractivity contribution in [1.82, 2.24) is 19.2 Å². The van der Waals surface area contributed by atoms with Gasteiger partial charge in [0.15, 0.2) is 6.61 Å². The molecule has 4 aromatic rings. The molecular weight excluding hydrogens is 378 g/mol. The van der Waals surface area contributed by atoms with Crippen molar-refractivity contribution in [2.45, 2.75) is 32.7 Å². The molecule has 4 rings (SSSR count). The number of hydrogen-bond acceptors (Lipinski definition) is 4. The second-order valence-electron chi connectivity index (χ2n) is 8.24. The summed E-state index contributed by atoms with van der Waals surface area (Å²) >= 11 is 0.